The number of unbranched alkanes of at least 4 members (excludes halogenated alkanes) is 24. The molecule has 0 aromatic carbocycles. The Labute approximate surface area is 271 Å². The van der Waals surface area contributed by atoms with Gasteiger partial charge in [0.1, 0.15) is 6.61 Å². The van der Waals surface area contributed by atoms with E-state index >= 15 is 0 Å². The zero-order valence-corrected chi connectivity index (χ0v) is 29.6. The largest absolute Gasteiger partial charge is 0.422 e. The molecule has 0 spiro atoms. The molecule has 0 unspecified atom stereocenters. The highest BCUT2D eigenvalue weighted by atomic mass is 32.3. The molecule has 0 amide bonds. The highest BCUT2D eigenvalue weighted by Gasteiger charge is 2.23. The molecule has 0 radical (unpaired) electrons. The first kappa shape index (κ1) is 42.8. The van der Waals surface area contributed by atoms with Crippen LogP contribution in [0.5, 0.6) is 0 Å². The maximum absolute atomic E-state index is 12.4. The normalized spacial score (nSPS) is 11.7. The Kier molecular flexibility index (Phi) is 30.9. The van der Waals surface area contributed by atoms with E-state index in [0.29, 0.717) is 12.8 Å². The van der Waals surface area contributed by atoms with Crippen molar-refractivity contribution < 1.29 is 35.8 Å². The van der Waals surface area contributed by atoms with Crippen molar-refractivity contribution in [2.24, 2.45) is 0 Å². The van der Waals surface area contributed by atoms with Crippen LogP contribution in [0.3, 0.4) is 0 Å². The van der Waals surface area contributed by atoms with E-state index in [-0.39, 0.29) is 12.8 Å². The molecule has 0 N–H and O–H groups in total. The van der Waals surface area contributed by atoms with Gasteiger partial charge in [-0.3, -0.25) is 13.8 Å². The van der Waals surface area contributed by atoms with Gasteiger partial charge in [-0.2, -0.15) is 8.42 Å². The van der Waals surface area contributed by atoms with Crippen LogP contribution in [0.15, 0.2) is 0 Å². The van der Waals surface area contributed by atoms with Crippen LogP contribution in [0.25, 0.3) is 0 Å². The Morgan fingerprint density at radius 1 is 0.477 bits per heavy atom. The molecular weight excluding hydrogens is 580 g/mol. The van der Waals surface area contributed by atoms with Crippen molar-refractivity contribution >= 4 is 22.3 Å². The first-order valence-electron chi connectivity index (χ1n) is 18.2. The van der Waals surface area contributed by atoms with Gasteiger partial charge in [0.15, 0.2) is 0 Å². The van der Waals surface area contributed by atoms with Crippen LogP contribution in [0, 0.1) is 0 Å². The fraction of sp³-hybridized carbons (Fsp3) is 0.943. The summed E-state index contributed by atoms with van der Waals surface area (Å²) in [5.41, 5.74) is 0. The van der Waals surface area contributed by atoms with E-state index in [1.54, 1.807) is 0 Å². The first-order chi connectivity index (χ1) is 21.3. The van der Waals surface area contributed by atoms with Gasteiger partial charge in [0.25, 0.3) is 6.29 Å². The van der Waals surface area contributed by atoms with E-state index < -0.39 is 35.2 Å². The van der Waals surface area contributed by atoms with E-state index in [4.69, 9.17) is 9.47 Å². The Balaban J connectivity index is 4.06. The molecule has 8 nitrogen and oxygen atoms in total. The molecule has 0 saturated carbocycles. The number of rotatable bonds is 34. The summed E-state index contributed by atoms with van der Waals surface area (Å²) in [5, 5.41) is 0. The summed E-state index contributed by atoms with van der Waals surface area (Å²) in [4.78, 5) is 24.7. The topological polar surface area (TPSA) is 105 Å². The second-order valence-corrected chi connectivity index (χ2v) is 13.6. The van der Waals surface area contributed by atoms with E-state index in [1.807, 2.05) is 0 Å². The summed E-state index contributed by atoms with van der Waals surface area (Å²) in [5.74, 6) is -1.07. The molecule has 0 aliphatic heterocycles. The van der Waals surface area contributed by atoms with E-state index in [2.05, 4.69) is 22.2 Å². The molecular formula is C35H68O8S. The number of carbonyl (C=O) groups excluding carboxylic acids is 2. The molecule has 0 rings (SSSR count). The molecule has 0 fully saturated rings. The van der Waals surface area contributed by atoms with Crippen molar-refractivity contribution in [1.29, 1.82) is 0 Å². The van der Waals surface area contributed by atoms with Crippen molar-refractivity contribution in [3.63, 3.8) is 0 Å². The lowest BCUT2D eigenvalue weighted by molar-refractivity contribution is -0.193. The number of ether oxygens (including phenoxy) is 2. The average molecular weight is 649 g/mol. The minimum Gasteiger partial charge on any atom is -0.422 e. The van der Waals surface area contributed by atoms with E-state index in [0.717, 1.165) is 45.6 Å². The molecule has 0 saturated heterocycles. The Bertz CT molecular complexity index is 712. The predicted octanol–water partition coefficient (Wildman–Crippen LogP) is 10.3. The second-order valence-electron chi connectivity index (χ2n) is 12.3. The summed E-state index contributed by atoms with van der Waals surface area (Å²) >= 11 is 0. The lowest BCUT2D eigenvalue weighted by atomic mass is 10.0. The maximum Gasteiger partial charge on any atom is 0.399 e. The Morgan fingerprint density at radius 2 is 0.750 bits per heavy atom. The highest BCUT2D eigenvalue weighted by Crippen LogP contribution is 2.15. The van der Waals surface area contributed by atoms with Gasteiger partial charge >= 0.3 is 22.3 Å². The molecule has 9 heteroatoms. The van der Waals surface area contributed by atoms with Gasteiger partial charge in [-0.15, -0.1) is 0 Å². The number of esters is 2. The number of carbonyl (C=O) groups is 2. The Morgan fingerprint density at radius 3 is 1.02 bits per heavy atom. The molecule has 0 aliphatic rings. The van der Waals surface area contributed by atoms with Crippen molar-refractivity contribution in [3.05, 3.63) is 0 Å². The minimum atomic E-state index is -4.25. The lowest BCUT2D eigenvalue weighted by Gasteiger charge is -2.18. The van der Waals surface area contributed by atoms with Crippen molar-refractivity contribution in [3.8, 4) is 0 Å². The van der Waals surface area contributed by atoms with Crippen LogP contribution in [-0.4, -0.2) is 40.4 Å². The van der Waals surface area contributed by atoms with Crippen LogP contribution < -0.4 is 0 Å². The third kappa shape index (κ3) is 30.8. The Hall–Kier alpha value is -1.19. The zero-order valence-electron chi connectivity index (χ0n) is 28.8. The van der Waals surface area contributed by atoms with E-state index in [9.17, 15) is 18.0 Å². The van der Waals surface area contributed by atoms with Gasteiger partial charge in [-0.05, 0) is 12.8 Å². The quantitative estimate of drug-likeness (QED) is 0.0385. The molecule has 0 aliphatic carbocycles. The number of hydrogen-bond donors (Lipinski definition) is 0. The SMILES string of the molecule is CCCCCCCCCCCCCCCC(=O)OC(COS(=O)(=O)OC)OC(=O)CCCCCCCCCCCCCCC. The van der Waals surface area contributed by atoms with Crippen LogP contribution >= 0.6 is 0 Å². The zero-order chi connectivity index (χ0) is 32.6. The van der Waals surface area contributed by atoms with Crippen LogP contribution in [-0.2, 0) is 37.8 Å². The molecule has 0 atom stereocenters. The first-order valence-corrected chi connectivity index (χ1v) is 19.5. The lowest BCUT2D eigenvalue weighted by Crippen LogP contribution is -2.30. The molecule has 0 aromatic rings. The van der Waals surface area contributed by atoms with Gasteiger partial charge in [0, 0.05) is 12.8 Å². The molecule has 262 valence electrons. The van der Waals surface area contributed by atoms with Gasteiger partial charge < -0.3 is 9.47 Å². The smallest absolute Gasteiger partial charge is 0.399 e. The fourth-order valence-electron chi connectivity index (χ4n) is 5.26. The predicted molar refractivity (Wildman–Crippen MR) is 178 cm³/mol. The average Bonchev–Trinajstić information content (AvgIpc) is 3.00. The molecule has 0 heterocycles. The van der Waals surface area contributed by atoms with Crippen molar-refractivity contribution in [1.82, 2.24) is 0 Å². The fourth-order valence-corrected chi connectivity index (χ4v) is 5.64. The third-order valence-corrected chi connectivity index (χ3v) is 8.88. The standard InChI is InChI=1S/C35H68O8S/c1-4-6-8-10-12-14-16-18-20-22-24-26-28-30-33(36)42-35(32-41-44(38,39)40-3)43-34(37)31-29-27-25-23-21-19-17-15-13-11-9-7-5-2/h35H,4-32H2,1-3H3. The van der Waals surface area contributed by atoms with Crippen LogP contribution in [0.2, 0.25) is 0 Å². The van der Waals surface area contributed by atoms with Gasteiger partial charge in [0.05, 0.1) is 7.11 Å². The molecule has 44 heavy (non-hydrogen) atoms. The summed E-state index contributed by atoms with van der Waals surface area (Å²) in [7, 11) is -3.29. The summed E-state index contributed by atoms with van der Waals surface area (Å²) in [6.07, 6.45) is 30.3. The molecule has 0 aromatic heterocycles. The third-order valence-electron chi connectivity index (χ3n) is 8.05. The van der Waals surface area contributed by atoms with Crippen LogP contribution in [0.1, 0.15) is 194 Å². The highest BCUT2D eigenvalue weighted by molar-refractivity contribution is 7.81. The number of hydrogen-bond acceptors (Lipinski definition) is 8. The van der Waals surface area contributed by atoms with Crippen LogP contribution in [0.4, 0.5) is 0 Å². The maximum atomic E-state index is 12.4. The summed E-state index contributed by atoms with van der Waals surface area (Å²) < 4.78 is 42.6. The van der Waals surface area contributed by atoms with Gasteiger partial charge in [0.2, 0.25) is 0 Å². The summed E-state index contributed by atoms with van der Waals surface area (Å²) in [6, 6.07) is 0. The van der Waals surface area contributed by atoms with Gasteiger partial charge in [-0.1, -0.05) is 168 Å². The minimum absolute atomic E-state index is 0.182. The molecule has 0 bridgehead atoms. The van der Waals surface area contributed by atoms with Crippen molar-refractivity contribution in [2.75, 3.05) is 13.7 Å². The van der Waals surface area contributed by atoms with E-state index in [1.165, 1.54) is 116 Å². The summed E-state index contributed by atoms with van der Waals surface area (Å²) in [6.45, 7) is 3.85. The van der Waals surface area contributed by atoms with Gasteiger partial charge in [-0.25, -0.2) is 4.18 Å². The monoisotopic (exact) mass is 648 g/mol. The van der Waals surface area contributed by atoms with Crippen molar-refractivity contribution in [2.45, 2.75) is 200 Å². The second kappa shape index (κ2) is 31.8.